The number of allylic oxidation sites excluding steroid dienone is 11. The molecule has 0 aromatic carbocycles. The zero-order chi connectivity index (χ0) is 45.6. The van der Waals surface area contributed by atoms with E-state index in [1.807, 2.05) is 18.2 Å². The average molecular weight is 893 g/mol. The first-order valence-electron chi connectivity index (χ1n) is 23.8. The molecule has 3 unspecified atom stereocenters. The monoisotopic (exact) mass is 893 g/mol. The Morgan fingerprint density at radius 2 is 0.919 bits per heavy atom. The molecule has 0 amide bonds. The molecule has 12 heteroatoms. The number of aliphatic hydroxyl groups is 1. The Labute approximate surface area is 376 Å². The van der Waals surface area contributed by atoms with Gasteiger partial charge in [0.15, 0.2) is 6.10 Å². The molecule has 0 rings (SSSR count). The van der Waals surface area contributed by atoms with Gasteiger partial charge in [-0.1, -0.05) is 177 Å². The lowest BCUT2D eigenvalue weighted by Crippen LogP contribution is -2.30. The molecule has 2 N–H and O–H groups in total. The minimum Gasteiger partial charge on any atom is -0.462 e. The number of rotatable bonds is 43. The second-order valence-corrected chi connectivity index (χ2v) is 17.0. The summed E-state index contributed by atoms with van der Waals surface area (Å²) in [6.07, 6.45) is 46.4. The number of phosphoric acid groups is 1. The van der Waals surface area contributed by atoms with Gasteiger partial charge in [0, 0.05) is 12.8 Å². The number of phosphoric ester groups is 1. The van der Waals surface area contributed by atoms with Crippen LogP contribution in [0.1, 0.15) is 188 Å². The molecule has 0 aliphatic rings. The van der Waals surface area contributed by atoms with E-state index >= 15 is 0 Å². The number of aliphatic hydroxyl groups excluding tert-OH is 1. The SMILES string of the molecule is CC/C=C\C/C=C\C/C=C\C/C=C\C/C=C\CC(=O)OC(COC(=O)CCCCCCC/C=C\CCCC)COP(=O)(O)OCC(CO)OC(=O)CCCCCCCCCCC. The molecule has 0 aliphatic heterocycles. The molecule has 0 saturated carbocycles. The first kappa shape index (κ1) is 58.9. The van der Waals surface area contributed by atoms with E-state index in [1.165, 1.54) is 44.9 Å². The predicted octanol–water partition coefficient (Wildman–Crippen LogP) is 13.0. The van der Waals surface area contributed by atoms with Crippen molar-refractivity contribution in [2.75, 3.05) is 26.4 Å². The van der Waals surface area contributed by atoms with Gasteiger partial charge in [-0.3, -0.25) is 23.4 Å². The summed E-state index contributed by atoms with van der Waals surface area (Å²) in [6, 6.07) is 0. The number of carbonyl (C=O) groups excluding carboxylic acids is 3. The Morgan fingerprint density at radius 1 is 0.484 bits per heavy atom. The van der Waals surface area contributed by atoms with Gasteiger partial charge in [0.05, 0.1) is 26.2 Å². The maximum Gasteiger partial charge on any atom is 0.472 e. The molecule has 0 fully saturated rings. The van der Waals surface area contributed by atoms with Gasteiger partial charge in [0.25, 0.3) is 0 Å². The standard InChI is InChI=1S/C50H85O11P/c1-4-7-10-13-16-19-21-22-23-24-26-29-32-35-38-41-50(54)61-47(43-57-48(52)39-36-33-30-28-25-20-17-14-11-8-5-2)45-59-62(55,56)58-44-46(42-51)60-49(53)40-37-34-31-27-18-15-12-9-6-3/h7,10,14,16-17,19,22-23,26,29,35,38,46-47,51H,4-6,8-9,11-13,15,18,20-21,24-25,27-28,30-34,36-37,39-45H2,1-3H3,(H,55,56)/b10-7-,17-14-,19-16-,23-22-,29-26-,38-35-. The summed E-state index contributed by atoms with van der Waals surface area (Å²) in [5, 5.41) is 9.71. The fraction of sp³-hybridized carbons (Fsp3) is 0.700. The molecule has 62 heavy (non-hydrogen) atoms. The minimum atomic E-state index is -4.76. The second kappa shape index (κ2) is 44.5. The van der Waals surface area contributed by atoms with Gasteiger partial charge in [-0.25, -0.2) is 4.57 Å². The lowest BCUT2D eigenvalue weighted by Gasteiger charge is -2.21. The van der Waals surface area contributed by atoms with E-state index in [9.17, 15) is 28.9 Å². The van der Waals surface area contributed by atoms with E-state index < -0.39 is 57.8 Å². The Bertz CT molecular complexity index is 1320. The summed E-state index contributed by atoms with van der Waals surface area (Å²) >= 11 is 0. The topological polar surface area (TPSA) is 155 Å². The van der Waals surface area contributed by atoms with Crippen molar-refractivity contribution in [1.29, 1.82) is 0 Å². The van der Waals surface area contributed by atoms with Crippen molar-refractivity contribution in [3.05, 3.63) is 72.9 Å². The van der Waals surface area contributed by atoms with Crippen LogP contribution in [0, 0.1) is 0 Å². The van der Waals surface area contributed by atoms with E-state index in [2.05, 4.69) is 69.4 Å². The van der Waals surface area contributed by atoms with Crippen LogP contribution in [0.3, 0.4) is 0 Å². The Morgan fingerprint density at radius 3 is 1.45 bits per heavy atom. The highest BCUT2D eigenvalue weighted by Gasteiger charge is 2.28. The molecular weight excluding hydrogens is 808 g/mol. The second-order valence-electron chi connectivity index (χ2n) is 15.6. The van der Waals surface area contributed by atoms with Gasteiger partial charge in [-0.15, -0.1) is 0 Å². The van der Waals surface area contributed by atoms with Crippen LogP contribution in [0.2, 0.25) is 0 Å². The number of hydrogen-bond acceptors (Lipinski definition) is 10. The molecule has 0 saturated heterocycles. The molecule has 0 radical (unpaired) electrons. The molecule has 0 spiro atoms. The summed E-state index contributed by atoms with van der Waals surface area (Å²) < 4.78 is 39.0. The average Bonchev–Trinajstić information content (AvgIpc) is 3.25. The van der Waals surface area contributed by atoms with Crippen molar-refractivity contribution in [2.24, 2.45) is 0 Å². The molecule has 3 atom stereocenters. The zero-order valence-corrected chi connectivity index (χ0v) is 39.7. The number of carbonyl (C=O) groups is 3. The Balaban J connectivity index is 4.91. The number of unbranched alkanes of at least 4 members (excludes halogenated alkanes) is 15. The quantitative estimate of drug-likeness (QED) is 0.0198. The Kier molecular flexibility index (Phi) is 42.3. The van der Waals surface area contributed by atoms with Crippen molar-refractivity contribution in [1.82, 2.24) is 0 Å². The lowest BCUT2D eigenvalue weighted by atomic mass is 10.1. The van der Waals surface area contributed by atoms with Gasteiger partial charge >= 0.3 is 25.7 Å². The summed E-state index contributed by atoms with van der Waals surface area (Å²) in [7, 11) is -4.76. The maximum atomic E-state index is 12.8. The van der Waals surface area contributed by atoms with Crippen LogP contribution in [-0.4, -0.2) is 66.5 Å². The third-order valence-corrected chi connectivity index (χ3v) is 10.6. The smallest absolute Gasteiger partial charge is 0.462 e. The molecular formula is C50H85O11P. The fourth-order valence-corrected chi connectivity index (χ4v) is 6.78. The van der Waals surface area contributed by atoms with Crippen LogP contribution in [-0.2, 0) is 42.2 Å². The van der Waals surface area contributed by atoms with Gasteiger partial charge < -0.3 is 24.2 Å². The van der Waals surface area contributed by atoms with Crippen LogP contribution in [0.15, 0.2) is 72.9 Å². The van der Waals surface area contributed by atoms with Crippen LogP contribution >= 0.6 is 7.82 Å². The number of esters is 3. The fourth-order valence-electron chi connectivity index (χ4n) is 6.00. The van der Waals surface area contributed by atoms with Crippen LogP contribution in [0.25, 0.3) is 0 Å². The lowest BCUT2D eigenvalue weighted by molar-refractivity contribution is -0.160. The summed E-state index contributed by atoms with van der Waals surface area (Å²) in [4.78, 5) is 48.0. The van der Waals surface area contributed by atoms with Crippen molar-refractivity contribution in [3.63, 3.8) is 0 Å². The van der Waals surface area contributed by atoms with Crippen molar-refractivity contribution in [3.8, 4) is 0 Å². The highest BCUT2D eigenvalue weighted by atomic mass is 31.2. The van der Waals surface area contributed by atoms with Crippen molar-refractivity contribution < 1.29 is 52.2 Å². The van der Waals surface area contributed by atoms with E-state index in [1.54, 1.807) is 6.08 Å². The molecule has 0 bridgehead atoms. The number of hydrogen-bond donors (Lipinski definition) is 2. The van der Waals surface area contributed by atoms with E-state index in [0.717, 1.165) is 83.5 Å². The molecule has 0 heterocycles. The van der Waals surface area contributed by atoms with Crippen LogP contribution in [0.5, 0.6) is 0 Å². The number of ether oxygens (including phenoxy) is 3. The predicted molar refractivity (Wildman–Crippen MR) is 251 cm³/mol. The summed E-state index contributed by atoms with van der Waals surface area (Å²) in [5.74, 6) is -1.64. The molecule has 11 nitrogen and oxygen atoms in total. The maximum absolute atomic E-state index is 12.8. The highest BCUT2D eigenvalue weighted by Crippen LogP contribution is 2.43. The van der Waals surface area contributed by atoms with Gasteiger partial charge in [-0.2, -0.15) is 0 Å². The molecule has 0 aromatic heterocycles. The molecule has 0 aliphatic carbocycles. The van der Waals surface area contributed by atoms with Crippen LogP contribution < -0.4 is 0 Å². The first-order valence-corrected chi connectivity index (χ1v) is 25.3. The van der Waals surface area contributed by atoms with Gasteiger partial charge in [0.2, 0.25) is 0 Å². The molecule has 356 valence electrons. The first-order chi connectivity index (χ1) is 30.2. The molecule has 0 aromatic rings. The highest BCUT2D eigenvalue weighted by molar-refractivity contribution is 7.47. The van der Waals surface area contributed by atoms with E-state index in [-0.39, 0.29) is 25.9 Å². The van der Waals surface area contributed by atoms with E-state index in [4.69, 9.17) is 23.3 Å². The Hall–Kier alpha value is -3.08. The third-order valence-electron chi connectivity index (χ3n) is 9.65. The van der Waals surface area contributed by atoms with Crippen LogP contribution in [0.4, 0.5) is 0 Å². The normalized spacial score (nSPS) is 14.2. The minimum absolute atomic E-state index is 0.0671. The van der Waals surface area contributed by atoms with E-state index in [0.29, 0.717) is 19.3 Å². The van der Waals surface area contributed by atoms with Crippen molar-refractivity contribution in [2.45, 2.75) is 200 Å². The van der Waals surface area contributed by atoms with Crippen molar-refractivity contribution >= 4 is 25.7 Å². The zero-order valence-electron chi connectivity index (χ0n) is 38.8. The van der Waals surface area contributed by atoms with Gasteiger partial charge in [-0.05, 0) is 64.2 Å². The summed E-state index contributed by atoms with van der Waals surface area (Å²) in [5.41, 5.74) is 0. The summed E-state index contributed by atoms with van der Waals surface area (Å²) in [6.45, 7) is 4.30. The largest absolute Gasteiger partial charge is 0.472 e. The third kappa shape index (κ3) is 42.2. The van der Waals surface area contributed by atoms with Gasteiger partial charge in [0.1, 0.15) is 12.7 Å².